The van der Waals surface area contributed by atoms with Crippen LogP contribution in [0.1, 0.15) is 48.1 Å². The van der Waals surface area contributed by atoms with Crippen LogP contribution >= 0.6 is 0 Å². The molecule has 0 radical (unpaired) electrons. The Hall–Kier alpha value is -1.55. The van der Waals surface area contributed by atoms with Crippen LogP contribution in [-0.2, 0) is 0 Å². The molecule has 1 aliphatic heterocycles. The lowest BCUT2D eigenvalue weighted by atomic mass is 9.98. The van der Waals surface area contributed by atoms with Crippen LogP contribution in [-0.4, -0.2) is 25.6 Å². The van der Waals surface area contributed by atoms with Crippen molar-refractivity contribution in [3.05, 3.63) is 29.3 Å². The molecule has 0 bridgehead atoms. The molecule has 2 N–H and O–H groups in total. The van der Waals surface area contributed by atoms with E-state index in [0.29, 0.717) is 30.5 Å². The van der Waals surface area contributed by atoms with Crippen LogP contribution in [0.3, 0.4) is 0 Å². The fourth-order valence-electron chi connectivity index (χ4n) is 2.76. The van der Waals surface area contributed by atoms with Crippen molar-refractivity contribution in [2.75, 3.05) is 19.7 Å². The van der Waals surface area contributed by atoms with Gasteiger partial charge in [0.15, 0.2) is 0 Å². The molecule has 108 valence electrons. The molecule has 1 aromatic carbocycles. The third-order valence-corrected chi connectivity index (χ3v) is 4.01. The van der Waals surface area contributed by atoms with Crippen molar-refractivity contribution < 1.29 is 9.53 Å². The van der Waals surface area contributed by atoms with E-state index in [1.807, 2.05) is 12.1 Å². The van der Waals surface area contributed by atoms with Crippen molar-refractivity contribution in [3.8, 4) is 5.75 Å². The molecule has 4 nitrogen and oxygen atoms in total. The Bertz CT molecular complexity index is 497. The Labute approximate surface area is 119 Å². The molecule has 1 fully saturated rings. The van der Waals surface area contributed by atoms with Crippen LogP contribution in [0.4, 0.5) is 0 Å². The summed E-state index contributed by atoms with van der Waals surface area (Å²) >= 11 is 0. The maximum atomic E-state index is 12.1. The molecule has 1 unspecified atom stereocenters. The zero-order chi connectivity index (χ0) is 13.9. The van der Waals surface area contributed by atoms with Crippen LogP contribution in [0.15, 0.2) is 18.2 Å². The largest absolute Gasteiger partial charge is 0.491 e. The van der Waals surface area contributed by atoms with Gasteiger partial charge >= 0.3 is 0 Å². The van der Waals surface area contributed by atoms with Crippen molar-refractivity contribution in [2.24, 2.45) is 5.92 Å². The lowest BCUT2D eigenvalue weighted by molar-refractivity contribution is 0.0957. The predicted molar refractivity (Wildman–Crippen MR) is 78.0 cm³/mol. The second-order valence-corrected chi connectivity index (χ2v) is 5.65. The third kappa shape index (κ3) is 2.96. The molecule has 0 spiro atoms. The van der Waals surface area contributed by atoms with Gasteiger partial charge in [0.05, 0.1) is 12.1 Å². The van der Waals surface area contributed by atoms with Gasteiger partial charge in [0, 0.05) is 6.04 Å². The van der Waals surface area contributed by atoms with Crippen molar-refractivity contribution in [3.63, 3.8) is 0 Å². The van der Waals surface area contributed by atoms with Gasteiger partial charge in [-0.2, -0.15) is 0 Å². The van der Waals surface area contributed by atoms with Crippen LogP contribution in [0, 0.1) is 5.92 Å². The average molecular weight is 274 g/mol. The molecule has 1 aromatic rings. The summed E-state index contributed by atoms with van der Waals surface area (Å²) in [7, 11) is 0. The topological polar surface area (TPSA) is 50.4 Å². The van der Waals surface area contributed by atoms with Crippen LogP contribution in [0.5, 0.6) is 5.75 Å². The number of nitrogens with one attached hydrogen (secondary N) is 2. The molecule has 0 saturated heterocycles. The smallest absolute Gasteiger partial charge is 0.255 e. The third-order valence-electron chi connectivity index (χ3n) is 4.01. The normalized spacial score (nSPS) is 19.6. The number of benzene rings is 1. The summed E-state index contributed by atoms with van der Waals surface area (Å²) < 4.78 is 5.60. The molecule has 20 heavy (non-hydrogen) atoms. The molecule has 1 atom stereocenters. The standard InChI is InChI=1S/C16H22N2O2/c1-2-17-14(9-11-3-4-11)12-5-6-15-13(10-12)16(19)18-7-8-20-15/h5-6,10-11,14,17H,2-4,7-9H2,1H3,(H,18,19). The molecule has 1 aliphatic carbocycles. The number of amides is 1. The van der Waals surface area contributed by atoms with Gasteiger partial charge in [-0.3, -0.25) is 4.79 Å². The number of hydrogen-bond acceptors (Lipinski definition) is 3. The first-order chi connectivity index (χ1) is 9.78. The second-order valence-electron chi connectivity index (χ2n) is 5.65. The molecule has 1 heterocycles. The van der Waals surface area contributed by atoms with Gasteiger partial charge in [0.25, 0.3) is 5.91 Å². The first-order valence-electron chi connectivity index (χ1n) is 7.56. The molecule has 2 aliphatic rings. The molecule has 1 saturated carbocycles. The monoisotopic (exact) mass is 274 g/mol. The Balaban J connectivity index is 1.86. The fraction of sp³-hybridized carbons (Fsp3) is 0.562. The van der Waals surface area contributed by atoms with Crippen molar-refractivity contribution in [2.45, 2.75) is 32.2 Å². The number of carbonyl (C=O) groups excluding carboxylic acids is 1. The molecular formula is C16H22N2O2. The van der Waals surface area contributed by atoms with Crippen molar-refractivity contribution >= 4 is 5.91 Å². The van der Waals surface area contributed by atoms with Gasteiger partial charge in [-0.25, -0.2) is 0 Å². The van der Waals surface area contributed by atoms with Crippen LogP contribution < -0.4 is 15.4 Å². The second kappa shape index (κ2) is 5.83. The van der Waals surface area contributed by atoms with E-state index in [4.69, 9.17) is 4.74 Å². The van der Waals surface area contributed by atoms with E-state index in [1.54, 1.807) is 0 Å². The lowest BCUT2D eigenvalue weighted by Crippen LogP contribution is -2.25. The van der Waals surface area contributed by atoms with E-state index >= 15 is 0 Å². The maximum absolute atomic E-state index is 12.1. The minimum absolute atomic E-state index is 0.0268. The van der Waals surface area contributed by atoms with Crippen LogP contribution in [0.25, 0.3) is 0 Å². The molecular weight excluding hydrogens is 252 g/mol. The first kappa shape index (κ1) is 13.4. The molecule has 4 heteroatoms. The number of hydrogen-bond donors (Lipinski definition) is 2. The van der Waals surface area contributed by atoms with E-state index < -0.39 is 0 Å². The summed E-state index contributed by atoms with van der Waals surface area (Å²) in [4.78, 5) is 12.1. The number of rotatable bonds is 5. The number of carbonyl (C=O) groups is 1. The highest BCUT2D eigenvalue weighted by Crippen LogP contribution is 2.38. The van der Waals surface area contributed by atoms with Crippen molar-refractivity contribution in [1.82, 2.24) is 10.6 Å². The van der Waals surface area contributed by atoms with Gasteiger partial charge in [-0.1, -0.05) is 25.8 Å². The summed E-state index contributed by atoms with van der Waals surface area (Å²) in [5.41, 5.74) is 1.86. The Morgan fingerprint density at radius 3 is 3.05 bits per heavy atom. The molecule has 0 aromatic heterocycles. The number of ether oxygens (including phenoxy) is 1. The summed E-state index contributed by atoms with van der Waals surface area (Å²) in [6, 6.07) is 6.36. The summed E-state index contributed by atoms with van der Waals surface area (Å²) in [6.07, 6.45) is 3.85. The van der Waals surface area contributed by atoms with Gasteiger partial charge in [-0.15, -0.1) is 0 Å². The first-order valence-corrected chi connectivity index (χ1v) is 7.56. The van der Waals surface area contributed by atoms with Crippen LogP contribution in [0.2, 0.25) is 0 Å². The summed E-state index contributed by atoms with van der Waals surface area (Å²) in [5, 5.41) is 6.40. The predicted octanol–water partition coefficient (Wildman–Crippen LogP) is 2.26. The van der Waals surface area contributed by atoms with E-state index in [1.165, 1.54) is 18.4 Å². The van der Waals surface area contributed by atoms with Gasteiger partial charge in [0.2, 0.25) is 0 Å². The Morgan fingerprint density at radius 2 is 2.30 bits per heavy atom. The highest BCUT2D eigenvalue weighted by Gasteiger charge is 2.27. The number of fused-ring (bicyclic) bond motifs is 1. The van der Waals surface area contributed by atoms with E-state index in [2.05, 4.69) is 23.6 Å². The fourth-order valence-corrected chi connectivity index (χ4v) is 2.76. The molecule has 3 rings (SSSR count). The van der Waals surface area contributed by atoms with Gasteiger partial charge in [-0.05, 0) is 36.6 Å². The lowest BCUT2D eigenvalue weighted by Gasteiger charge is -2.19. The zero-order valence-electron chi connectivity index (χ0n) is 11.9. The Morgan fingerprint density at radius 1 is 1.45 bits per heavy atom. The highest BCUT2D eigenvalue weighted by molar-refractivity contribution is 5.97. The summed E-state index contributed by atoms with van der Waals surface area (Å²) in [6.45, 7) is 4.18. The van der Waals surface area contributed by atoms with E-state index in [-0.39, 0.29) is 5.91 Å². The quantitative estimate of drug-likeness (QED) is 0.866. The Kier molecular flexibility index (Phi) is 3.92. The van der Waals surface area contributed by atoms with Gasteiger partial charge < -0.3 is 15.4 Å². The minimum atomic E-state index is -0.0268. The average Bonchev–Trinajstić information content (AvgIpc) is 3.27. The summed E-state index contributed by atoms with van der Waals surface area (Å²) in [5.74, 6) is 1.52. The zero-order valence-corrected chi connectivity index (χ0v) is 11.9. The minimum Gasteiger partial charge on any atom is -0.491 e. The van der Waals surface area contributed by atoms with Gasteiger partial charge in [0.1, 0.15) is 12.4 Å². The molecule has 1 amide bonds. The maximum Gasteiger partial charge on any atom is 0.255 e. The van der Waals surface area contributed by atoms with E-state index in [9.17, 15) is 4.79 Å². The highest BCUT2D eigenvalue weighted by atomic mass is 16.5. The SMILES string of the molecule is CCNC(CC1CC1)c1ccc2c(c1)C(=O)NCCO2. The van der Waals surface area contributed by atoms with Crippen molar-refractivity contribution in [1.29, 1.82) is 0 Å². The van der Waals surface area contributed by atoms with E-state index in [0.717, 1.165) is 18.9 Å².